The van der Waals surface area contributed by atoms with E-state index in [2.05, 4.69) is 36.4 Å². The van der Waals surface area contributed by atoms with E-state index in [4.69, 9.17) is 9.47 Å². The third kappa shape index (κ3) is 7.03. The minimum Gasteiger partial charge on any atom is -0.496 e. The molecule has 1 unspecified atom stereocenters. The highest BCUT2D eigenvalue weighted by atomic mass is 16.5. The molecule has 6 nitrogen and oxygen atoms in total. The number of nitrogens with zero attached hydrogens (tertiary/aromatic N) is 1. The van der Waals surface area contributed by atoms with Gasteiger partial charge < -0.3 is 20.1 Å². The van der Waals surface area contributed by atoms with Gasteiger partial charge in [0.15, 0.2) is 5.96 Å². The van der Waals surface area contributed by atoms with Crippen LogP contribution in [0, 0.1) is 5.92 Å². The third-order valence-corrected chi connectivity index (χ3v) is 3.91. The van der Waals surface area contributed by atoms with Crippen molar-refractivity contribution in [2.24, 2.45) is 10.9 Å². The zero-order chi connectivity index (χ0) is 18.8. The summed E-state index contributed by atoms with van der Waals surface area (Å²) in [5, 5.41) is 6.66. The number of rotatable bonds is 8. The van der Waals surface area contributed by atoms with E-state index in [1.54, 1.807) is 19.2 Å². The van der Waals surface area contributed by atoms with Crippen molar-refractivity contribution in [1.82, 2.24) is 10.6 Å². The number of carbonyl (C=O) groups is 1. The Morgan fingerprint density at radius 2 is 1.92 bits per heavy atom. The molecular weight excluding hydrogens is 318 g/mol. The number of esters is 1. The largest absolute Gasteiger partial charge is 0.496 e. The molecule has 0 fully saturated rings. The molecule has 0 aliphatic heterocycles. The van der Waals surface area contributed by atoms with E-state index in [-0.39, 0.29) is 0 Å². The van der Waals surface area contributed by atoms with Crippen LogP contribution in [0.2, 0.25) is 0 Å². The number of nitrogens with one attached hydrogen (secondary N) is 2. The molecule has 1 aromatic carbocycles. The summed E-state index contributed by atoms with van der Waals surface area (Å²) >= 11 is 0. The van der Waals surface area contributed by atoms with Gasteiger partial charge in [-0.3, -0.25) is 4.99 Å². The Bertz CT molecular complexity index is 585. The van der Waals surface area contributed by atoms with Crippen LogP contribution in [0.15, 0.2) is 23.2 Å². The number of hydrogen-bond acceptors (Lipinski definition) is 4. The van der Waals surface area contributed by atoms with Crippen molar-refractivity contribution in [2.45, 2.75) is 46.2 Å². The Hall–Kier alpha value is -2.24. The highest BCUT2D eigenvalue weighted by molar-refractivity contribution is 5.92. The van der Waals surface area contributed by atoms with Crippen molar-refractivity contribution in [2.75, 3.05) is 21.3 Å². The molecule has 2 N–H and O–H groups in total. The number of benzene rings is 1. The van der Waals surface area contributed by atoms with E-state index >= 15 is 0 Å². The minimum atomic E-state index is -0.413. The molecule has 0 amide bonds. The van der Waals surface area contributed by atoms with Gasteiger partial charge in [0.2, 0.25) is 0 Å². The SMILES string of the molecule is CN=C(NCc1ccc(OC)c(C(=O)OC)c1)NC(C)CCC(C)C. The first-order valence-electron chi connectivity index (χ1n) is 8.63. The minimum absolute atomic E-state index is 0.343. The van der Waals surface area contributed by atoms with Gasteiger partial charge in [0.25, 0.3) is 0 Å². The maximum atomic E-state index is 11.9. The van der Waals surface area contributed by atoms with Crippen molar-refractivity contribution in [1.29, 1.82) is 0 Å². The lowest BCUT2D eigenvalue weighted by atomic mass is 10.0. The van der Waals surface area contributed by atoms with Gasteiger partial charge in [-0.1, -0.05) is 19.9 Å². The molecule has 0 aromatic heterocycles. The van der Waals surface area contributed by atoms with Gasteiger partial charge in [-0.25, -0.2) is 4.79 Å². The molecule has 6 heteroatoms. The number of hydrogen-bond donors (Lipinski definition) is 2. The molecule has 1 aromatic rings. The Balaban J connectivity index is 2.67. The second-order valence-electron chi connectivity index (χ2n) is 6.47. The van der Waals surface area contributed by atoms with E-state index < -0.39 is 5.97 Å². The molecule has 0 saturated heterocycles. The maximum Gasteiger partial charge on any atom is 0.341 e. The van der Waals surface area contributed by atoms with Crippen LogP contribution in [0.5, 0.6) is 5.75 Å². The van der Waals surface area contributed by atoms with Crippen LogP contribution in [-0.4, -0.2) is 39.2 Å². The normalized spacial score (nSPS) is 12.7. The van der Waals surface area contributed by atoms with Gasteiger partial charge in [0.1, 0.15) is 11.3 Å². The topological polar surface area (TPSA) is 72.0 Å². The summed E-state index contributed by atoms with van der Waals surface area (Å²) < 4.78 is 10.0. The molecule has 0 aliphatic carbocycles. The summed E-state index contributed by atoms with van der Waals surface area (Å²) in [6.45, 7) is 7.15. The molecule has 0 spiro atoms. The molecule has 140 valence electrons. The van der Waals surface area contributed by atoms with E-state index in [9.17, 15) is 4.79 Å². The molecule has 25 heavy (non-hydrogen) atoms. The average Bonchev–Trinajstić information content (AvgIpc) is 2.62. The summed E-state index contributed by atoms with van der Waals surface area (Å²) in [5.74, 6) is 1.52. The first-order chi connectivity index (χ1) is 11.9. The molecule has 0 bridgehead atoms. The van der Waals surface area contributed by atoms with Crippen molar-refractivity contribution in [3.8, 4) is 5.75 Å². The maximum absolute atomic E-state index is 11.9. The summed E-state index contributed by atoms with van der Waals surface area (Å²) in [5.41, 5.74) is 1.36. The van der Waals surface area contributed by atoms with Gasteiger partial charge in [-0.05, 0) is 43.4 Å². The van der Waals surface area contributed by atoms with Crippen LogP contribution >= 0.6 is 0 Å². The van der Waals surface area contributed by atoms with Crippen molar-refractivity contribution in [3.63, 3.8) is 0 Å². The second kappa shape index (κ2) is 10.6. The summed E-state index contributed by atoms with van der Waals surface area (Å²) in [7, 11) is 4.64. The fourth-order valence-corrected chi connectivity index (χ4v) is 2.40. The molecule has 0 heterocycles. The van der Waals surface area contributed by atoms with E-state index in [0.29, 0.717) is 29.8 Å². The number of methoxy groups -OCH3 is 2. The smallest absolute Gasteiger partial charge is 0.341 e. The second-order valence-corrected chi connectivity index (χ2v) is 6.47. The van der Waals surface area contributed by atoms with Gasteiger partial charge in [0.05, 0.1) is 14.2 Å². The zero-order valence-corrected chi connectivity index (χ0v) is 16.2. The van der Waals surface area contributed by atoms with Crippen molar-refractivity contribution < 1.29 is 14.3 Å². The highest BCUT2D eigenvalue weighted by Crippen LogP contribution is 2.20. The summed E-state index contributed by atoms with van der Waals surface area (Å²) in [6.07, 6.45) is 2.26. The number of ether oxygens (including phenoxy) is 2. The van der Waals surface area contributed by atoms with Gasteiger partial charge in [-0.2, -0.15) is 0 Å². The summed E-state index contributed by atoms with van der Waals surface area (Å²) in [4.78, 5) is 16.1. The van der Waals surface area contributed by atoms with Crippen LogP contribution < -0.4 is 15.4 Å². The van der Waals surface area contributed by atoms with E-state index in [1.165, 1.54) is 20.6 Å². The quantitative estimate of drug-likeness (QED) is 0.429. The lowest BCUT2D eigenvalue weighted by molar-refractivity contribution is 0.0597. The fraction of sp³-hybridized carbons (Fsp3) is 0.579. The standard InChI is InChI=1S/C19H31N3O3/c1-13(2)7-8-14(3)22-19(20-4)21-12-15-9-10-17(24-5)16(11-15)18(23)25-6/h9-11,13-14H,7-8,12H2,1-6H3,(H2,20,21,22). The first-order valence-corrected chi connectivity index (χ1v) is 8.63. The van der Waals surface area contributed by atoms with Crippen LogP contribution in [0.1, 0.15) is 49.5 Å². The predicted molar refractivity (Wildman–Crippen MR) is 101 cm³/mol. The van der Waals surface area contributed by atoms with Crippen molar-refractivity contribution >= 4 is 11.9 Å². The molecule has 1 atom stereocenters. The molecule has 1 rings (SSSR count). The van der Waals surface area contributed by atoms with Gasteiger partial charge in [-0.15, -0.1) is 0 Å². The Morgan fingerprint density at radius 3 is 2.48 bits per heavy atom. The highest BCUT2D eigenvalue weighted by Gasteiger charge is 2.14. The average molecular weight is 349 g/mol. The fourth-order valence-electron chi connectivity index (χ4n) is 2.40. The van der Waals surface area contributed by atoms with Gasteiger partial charge in [0, 0.05) is 19.6 Å². The lowest BCUT2D eigenvalue weighted by Crippen LogP contribution is -2.41. The number of carbonyl (C=O) groups excluding carboxylic acids is 1. The van der Waals surface area contributed by atoms with Crippen LogP contribution in [-0.2, 0) is 11.3 Å². The summed E-state index contributed by atoms with van der Waals surface area (Å²) in [6, 6.07) is 5.79. The molecular formula is C19H31N3O3. The lowest BCUT2D eigenvalue weighted by Gasteiger charge is -2.19. The van der Waals surface area contributed by atoms with E-state index in [1.807, 2.05) is 6.07 Å². The molecule has 0 saturated carbocycles. The number of guanidine groups is 1. The molecule has 0 aliphatic rings. The van der Waals surface area contributed by atoms with E-state index in [0.717, 1.165) is 17.9 Å². The zero-order valence-electron chi connectivity index (χ0n) is 16.2. The predicted octanol–water partition coefficient (Wildman–Crippen LogP) is 2.97. The number of aliphatic imine (C=N–C) groups is 1. The monoisotopic (exact) mass is 349 g/mol. The Morgan fingerprint density at radius 1 is 1.20 bits per heavy atom. The molecule has 0 radical (unpaired) electrons. The van der Waals surface area contributed by atoms with Crippen molar-refractivity contribution in [3.05, 3.63) is 29.3 Å². The Kier molecular flexibility index (Phi) is 8.81. The van der Waals surface area contributed by atoms with Crippen LogP contribution in [0.4, 0.5) is 0 Å². The third-order valence-electron chi connectivity index (χ3n) is 3.91. The first kappa shape index (κ1) is 20.8. The van der Waals surface area contributed by atoms with Crippen LogP contribution in [0.3, 0.4) is 0 Å². The Labute approximate surface area is 151 Å². The van der Waals surface area contributed by atoms with Crippen LogP contribution in [0.25, 0.3) is 0 Å². The van der Waals surface area contributed by atoms with Gasteiger partial charge >= 0.3 is 5.97 Å².